The van der Waals surface area contributed by atoms with Gasteiger partial charge in [-0.2, -0.15) is 0 Å². The Kier molecular flexibility index (Phi) is 6.03. The van der Waals surface area contributed by atoms with Gasteiger partial charge in [0.25, 0.3) is 11.5 Å². The number of aryl methyl sites for hydroxylation is 1. The molecule has 2 aromatic rings. The summed E-state index contributed by atoms with van der Waals surface area (Å²) in [4.78, 5) is 39.6. The second-order valence-electron chi connectivity index (χ2n) is 8.06. The van der Waals surface area contributed by atoms with Crippen molar-refractivity contribution in [2.75, 3.05) is 33.4 Å². The standard InChI is InChI=1S/C22H27N3O5/c1-29-14-20(26)24-11-15-10-16(13-24)19-7-6-18(22(28)25(19)12-15)21(27)23-8-2-4-17-5-3-9-30-17/h3,5-7,9,15-16H,2,4,8,10-14H2,1H3,(H,23,27)/t15-,16+/m0/s1. The number of aromatic nitrogens is 1. The van der Waals surface area contributed by atoms with Crippen molar-refractivity contribution in [3.05, 3.63) is 57.9 Å². The van der Waals surface area contributed by atoms with E-state index < -0.39 is 0 Å². The van der Waals surface area contributed by atoms with Crippen LogP contribution in [0.1, 0.15) is 40.6 Å². The number of piperidine rings is 1. The number of carbonyl (C=O) groups is 2. The molecule has 1 fully saturated rings. The summed E-state index contributed by atoms with van der Waals surface area (Å²) in [6.07, 6.45) is 4.05. The molecule has 2 aliphatic rings. The summed E-state index contributed by atoms with van der Waals surface area (Å²) < 4.78 is 12.0. The number of methoxy groups -OCH3 is 1. The lowest BCUT2D eigenvalue weighted by Crippen LogP contribution is -2.50. The molecule has 160 valence electrons. The van der Waals surface area contributed by atoms with Crippen LogP contribution in [0.5, 0.6) is 0 Å². The molecular formula is C22H27N3O5. The van der Waals surface area contributed by atoms with Crippen LogP contribution >= 0.6 is 0 Å². The molecule has 0 radical (unpaired) electrons. The van der Waals surface area contributed by atoms with Gasteiger partial charge in [-0.3, -0.25) is 14.4 Å². The third-order valence-corrected chi connectivity index (χ3v) is 5.94. The SMILES string of the molecule is COCC(=O)N1C[C@@H]2C[C@H](C1)c1ccc(C(=O)NCCCc3ccco3)c(=O)n1C2. The van der Waals surface area contributed by atoms with Gasteiger partial charge >= 0.3 is 0 Å². The van der Waals surface area contributed by atoms with Gasteiger partial charge < -0.3 is 23.9 Å². The Morgan fingerprint density at radius 2 is 2.10 bits per heavy atom. The maximum Gasteiger partial charge on any atom is 0.263 e. The molecule has 4 heterocycles. The van der Waals surface area contributed by atoms with E-state index in [1.54, 1.807) is 16.9 Å². The molecule has 2 aliphatic heterocycles. The van der Waals surface area contributed by atoms with Crippen LogP contribution in [0, 0.1) is 5.92 Å². The highest BCUT2D eigenvalue weighted by Gasteiger charge is 2.36. The molecule has 2 bridgehead atoms. The van der Waals surface area contributed by atoms with Gasteiger partial charge in [0.05, 0.1) is 6.26 Å². The van der Waals surface area contributed by atoms with E-state index in [1.807, 2.05) is 23.1 Å². The summed E-state index contributed by atoms with van der Waals surface area (Å²) in [5, 5.41) is 2.83. The summed E-state index contributed by atoms with van der Waals surface area (Å²) in [5.74, 6) is 0.830. The Bertz CT molecular complexity index is 966. The molecule has 8 nitrogen and oxygen atoms in total. The van der Waals surface area contributed by atoms with Crippen molar-refractivity contribution in [2.45, 2.75) is 31.7 Å². The fourth-order valence-corrected chi connectivity index (χ4v) is 4.55. The molecule has 0 aliphatic carbocycles. The number of nitrogens with zero attached hydrogens (tertiary/aromatic N) is 2. The Labute approximate surface area is 174 Å². The van der Waals surface area contributed by atoms with E-state index in [0.29, 0.717) is 26.2 Å². The molecule has 0 saturated carbocycles. The van der Waals surface area contributed by atoms with Crippen LogP contribution in [0.25, 0.3) is 0 Å². The van der Waals surface area contributed by atoms with Gasteiger partial charge in [-0.1, -0.05) is 0 Å². The molecule has 30 heavy (non-hydrogen) atoms. The molecular weight excluding hydrogens is 386 g/mol. The first kappa shape index (κ1) is 20.4. The third-order valence-electron chi connectivity index (χ3n) is 5.94. The smallest absolute Gasteiger partial charge is 0.263 e. The largest absolute Gasteiger partial charge is 0.469 e. The van der Waals surface area contributed by atoms with Crippen LogP contribution in [0.15, 0.2) is 39.7 Å². The quantitative estimate of drug-likeness (QED) is 0.693. The predicted molar refractivity (Wildman–Crippen MR) is 109 cm³/mol. The van der Waals surface area contributed by atoms with Crippen molar-refractivity contribution in [1.29, 1.82) is 0 Å². The van der Waals surface area contributed by atoms with Crippen LogP contribution in [-0.4, -0.2) is 54.6 Å². The van der Waals surface area contributed by atoms with Crippen molar-refractivity contribution < 1.29 is 18.7 Å². The zero-order chi connectivity index (χ0) is 21.1. The van der Waals surface area contributed by atoms with Gasteiger partial charge in [-0.25, -0.2) is 0 Å². The summed E-state index contributed by atoms with van der Waals surface area (Å²) in [6, 6.07) is 7.22. The van der Waals surface area contributed by atoms with E-state index in [0.717, 1.165) is 30.7 Å². The molecule has 2 atom stereocenters. The van der Waals surface area contributed by atoms with E-state index in [2.05, 4.69) is 5.32 Å². The number of hydrogen-bond acceptors (Lipinski definition) is 5. The minimum Gasteiger partial charge on any atom is -0.469 e. The molecule has 0 spiro atoms. The summed E-state index contributed by atoms with van der Waals surface area (Å²) in [6.45, 7) is 2.28. The number of furan rings is 1. The first-order valence-electron chi connectivity index (χ1n) is 10.4. The van der Waals surface area contributed by atoms with E-state index >= 15 is 0 Å². The summed E-state index contributed by atoms with van der Waals surface area (Å²) in [5.41, 5.74) is 0.826. The Balaban J connectivity index is 1.42. The van der Waals surface area contributed by atoms with E-state index in [4.69, 9.17) is 9.15 Å². The molecule has 0 unspecified atom stereocenters. The van der Waals surface area contributed by atoms with Crippen LogP contribution in [0.2, 0.25) is 0 Å². The van der Waals surface area contributed by atoms with E-state index in [-0.39, 0.29) is 41.4 Å². The Morgan fingerprint density at radius 3 is 2.87 bits per heavy atom. The lowest BCUT2D eigenvalue weighted by Gasteiger charge is -2.42. The van der Waals surface area contributed by atoms with E-state index in [9.17, 15) is 14.4 Å². The molecule has 1 saturated heterocycles. The zero-order valence-electron chi connectivity index (χ0n) is 17.1. The van der Waals surface area contributed by atoms with Crippen molar-refractivity contribution in [3.8, 4) is 0 Å². The third kappa shape index (κ3) is 4.18. The molecule has 2 aromatic heterocycles. The van der Waals surface area contributed by atoms with Crippen molar-refractivity contribution >= 4 is 11.8 Å². The second-order valence-corrected chi connectivity index (χ2v) is 8.06. The predicted octanol–water partition coefficient (Wildman–Crippen LogP) is 1.40. The minimum atomic E-state index is -0.345. The number of hydrogen-bond donors (Lipinski definition) is 1. The Hall–Kier alpha value is -2.87. The lowest BCUT2D eigenvalue weighted by atomic mass is 9.83. The van der Waals surface area contributed by atoms with Gasteiger partial charge in [0, 0.05) is 51.3 Å². The second kappa shape index (κ2) is 8.87. The number of carbonyl (C=O) groups excluding carboxylic acids is 2. The molecule has 2 amide bonds. The maximum absolute atomic E-state index is 13.0. The average molecular weight is 413 g/mol. The number of likely N-dealkylation sites (tertiary alicyclic amines) is 1. The van der Waals surface area contributed by atoms with Crippen LogP contribution < -0.4 is 10.9 Å². The molecule has 0 aromatic carbocycles. The normalized spacial score (nSPS) is 20.0. The van der Waals surface area contributed by atoms with E-state index in [1.165, 1.54) is 7.11 Å². The monoisotopic (exact) mass is 413 g/mol. The first-order chi connectivity index (χ1) is 14.6. The Morgan fingerprint density at radius 1 is 1.23 bits per heavy atom. The highest BCUT2D eigenvalue weighted by Crippen LogP contribution is 2.35. The highest BCUT2D eigenvalue weighted by molar-refractivity contribution is 5.93. The number of nitrogens with one attached hydrogen (secondary N) is 1. The number of pyridine rings is 1. The fourth-order valence-electron chi connectivity index (χ4n) is 4.55. The molecule has 1 N–H and O–H groups in total. The number of fused-ring (bicyclic) bond motifs is 4. The van der Waals surface area contributed by atoms with Crippen molar-refractivity contribution in [1.82, 2.24) is 14.8 Å². The molecule has 4 rings (SSSR count). The fraction of sp³-hybridized carbons (Fsp3) is 0.500. The molecule has 8 heteroatoms. The van der Waals surface area contributed by atoms with Gasteiger partial charge in [0.15, 0.2) is 0 Å². The lowest BCUT2D eigenvalue weighted by molar-refractivity contribution is -0.137. The minimum absolute atomic E-state index is 0.0199. The summed E-state index contributed by atoms with van der Waals surface area (Å²) >= 11 is 0. The summed E-state index contributed by atoms with van der Waals surface area (Å²) in [7, 11) is 1.51. The number of amides is 2. The van der Waals surface area contributed by atoms with Gasteiger partial charge in [0.1, 0.15) is 17.9 Å². The van der Waals surface area contributed by atoms with Crippen molar-refractivity contribution in [2.24, 2.45) is 5.92 Å². The van der Waals surface area contributed by atoms with Gasteiger partial charge in [0.2, 0.25) is 5.91 Å². The topological polar surface area (TPSA) is 93.8 Å². The highest BCUT2D eigenvalue weighted by atomic mass is 16.5. The zero-order valence-corrected chi connectivity index (χ0v) is 17.1. The first-order valence-corrected chi connectivity index (χ1v) is 10.4. The number of ether oxygens (including phenoxy) is 1. The maximum atomic E-state index is 13.0. The van der Waals surface area contributed by atoms with Crippen molar-refractivity contribution in [3.63, 3.8) is 0 Å². The number of rotatable bonds is 7. The van der Waals surface area contributed by atoms with Gasteiger partial charge in [-0.15, -0.1) is 0 Å². The average Bonchev–Trinajstić information content (AvgIpc) is 3.25. The van der Waals surface area contributed by atoms with Crippen LogP contribution in [0.4, 0.5) is 0 Å². The van der Waals surface area contributed by atoms with Crippen LogP contribution in [0.3, 0.4) is 0 Å². The van der Waals surface area contributed by atoms with Gasteiger partial charge in [-0.05, 0) is 43.0 Å². The van der Waals surface area contributed by atoms with Crippen LogP contribution in [-0.2, 0) is 22.5 Å².